The van der Waals surface area contributed by atoms with Gasteiger partial charge in [0.25, 0.3) is 0 Å². The van der Waals surface area contributed by atoms with Crippen molar-refractivity contribution in [2.24, 2.45) is 10.8 Å². The third-order valence-corrected chi connectivity index (χ3v) is 7.18. The third-order valence-electron chi connectivity index (χ3n) is 7.18. The van der Waals surface area contributed by atoms with E-state index in [0.717, 1.165) is 22.3 Å². The van der Waals surface area contributed by atoms with Gasteiger partial charge in [0.05, 0.1) is 0 Å². The smallest absolute Gasteiger partial charge is 0.407 e. The molecule has 0 spiro atoms. The molecule has 4 rings (SSSR count). The average molecular weight is 479 g/mol. The summed E-state index contributed by atoms with van der Waals surface area (Å²) < 4.78 is 5.65. The summed E-state index contributed by atoms with van der Waals surface area (Å²) in [4.78, 5) is 39.2. The molecule has 1 aliphatic heterocycles. The topological polar surface area (TPSA) is 95.9 Å². The van der Waals surface area contributed by atoms with Crippen LogP contribution in [-0.2, 0) is 14.3 Å². The Balaban J connectivity index is 1.43. The van der Waals surface area contributed by atoms with Crippen LogP contribution < -0.4 is 5.32 Å². The Morgan fingerprint density at radius 2 is 1.60 bits per heavy atom. The molecule has 2 N–H and O–H groups in total. The molecule has 1 saturated heterocycles. The van der Waals surface area contributed by atoms with Crippen molar-refractivity contribution in [1.29, 1.82) is 0 Å². The van der Waals surface area contributed by atoms with E-state index in [2.05, 4.69) is 29.6 Å². The van der Waals surface area contributed by atoms with E-state index in [9.17, 15) is 19.5 Å². The molecule has 7 nitrogen and oxygen atoms in total. The highest BCUT2D eigenvalue weighted by Crippen LogP contribution is 2.44. The largest absolute Gasteiger partial charge is 0.481 e. The van der Waals surface area contributed by atoms with E-state index >= 15 is 0 Å². The Morgan fingerprint density at radius 1 is 1.06 bits per heavy atom. The lowest BCUT2D eigenvalue weighted by molar-refractivity contribution is -0.167. The molecule has 2 aliphatic rings. The lowest BCUT2D eigenvalue weighted by atomic mass is 9.76. The minimum atomic E-state index is -0.897. The molecule has 35 heavy (non-hydrogen) atoms. The van der Waals surface area contributed by atoms with Gasteiger partial charge in [0.1, 0.15) is 18.1 Å². The van der Waals surface area contributed by atoms with Gasteiger partial charge in [-0.25, -0.2) is 4.79 Å². The van der Waals surface area contributed by atoms with E-state index in [4.69, 9.17) is 4.74 Å². The first-order valence-corrected chi connectivity index (χ1v) is 12.2. The van der Waals surface area contributed by atoms with Crippen molar-refractivity contribution < 1.29 is 24.2 Å². The number of ether oxygens (including phenoxy) is 1. The van der Waals surface area contributed by atoms with E-state index in [1.807, 2.05) is 52.0 Å². The Labute approximate surface area is 206 Å². The second-order valence-electron chi connectivity index (χ2n) is 10.9. The monoisotopic (exact) mass is 478 g/mol. The molecule has 1 heterocycles. The van der Waals surface area contributed by atoms with Gasteiger partial charge in [0.2, 0.25) is 5.91 Å². The number of benzene rings is 2. The zero-order chi connectivity index (χ0) is 25.4. The molecule has 1 aliphatic carbocycles. The van der Waals surface area contributed by atoms with Gasteiger partial charge in [-0.3, -0.25) is 9.59 Å². The lowest BCUT2D eigenvalue weighted by Crippen LogP contribution is -2.65. The number of rotatable bonds is 7. The average Bonchev–Trinajstić information content (AvgIpc) is 3.09. The van der Waals surface area contributed by atoms with Gasteiger partial charge in [0, 0.05) is 19.0 Å². The van der Waals surface area contributed by atoms with Gasteiger partial charge in [-0.05, 0) is 40.5 Å². The molecule has 7 heteroatoms. The van der Waals surface area contributed by atoms with Crippen molar-refractivity contribution in [2.75, 3.05) is 19.7 Å². The maximum Gasteiger partial charge on any atom is 0.407 e. The summed E-state index contributed by atoms with van der Waals surface area (Å²) >= 11 is 0. The number of fused-ring (bicyclic) bond motifs is 3. The maximum absolute atomic E-state index is 13.2. The molecule has 1 atom stereocenters. The summed E-state index contributed by atoms with van der Waals surface area (Å²) in [6.45, 7) is 8.29. The molecule has 0 bridgehead atoms. The maximum atomic E-state index is 13.2. The van der Waals surface area contributed by atoms with Crippen molar-refractivity contribution in [3.8, 4) is 11.1 Å². The first kappa shape index (κ1) is 24.8. The van der Waals surface area contributed by atoms with Gasteiger partial charge >= 0.3 is 12.1 Å². The summed E-state index contributed by atoms with van der Waals surface area (Å²) in [5.41, 5.74) is 3.41. The number of nitrogens with zero attached hydrogens (tertiary/aromatic N) is 1. The van der Waals surface area contributed by atoms with Crippen molar-refractivity contribution in [3.05, 3.63) is 59.7 Å². The van der Waals surface area contributed by atoms with E-state index < -0.39 is 23.5 Å². The van der Waals surface area contributed by atoms with Crippen LogP contribution in [0.4, 0.5) is 4.79 Å². The predicted octanol–water partition coefficient (Wildman–Crippen LogP) is 4.65. The molecule has 1 unspecified atom stereocenters. The Morgan fingerprint density at radius 3 is 2.09 bits per heavy atom. The van der Waals surface area contributed by atoms with Crippen LogP contribution in [0.25, 0.3) is 11.1 Å². The molecule has 2 aromatic rings. The summed E-state index contributed by atoms with van der Waals surface area (Å²) in [5, 5.41) is 12.3. The summed E-state index contributed by atoms with van der Waals surface area (Å²) in [6, 6.07) is 15.4. The van der Waals surface area contributed by atoms with Crippen LogP contribution in [0.2, 0.25) is 0 Å². The molecular formula is C28H34N2O5. The number of amides is 2. The number of hydrogen-bond acceptors (Lipinski definition) is 4. The number of likely N-dealkylation sites (tertiary alicyclic amines) is 1. The third kappa shape index (κ3) is 4.90. The van der Waals surface area contributed by atoms with Crippen LogP contribution >= 0.6 is 0 Å². The van der Waals surface area contributed by atoms with E-state index in [1.54, 1.807) is 0 Å². The van der Waals surface area contributed by atoms with Gasteiger partial charge in [-0.2, -0.15) is 0 Å². The predicted molar refractivity (Wildman–Crippen MR) is 133 cm³/mol. The van der Waals surface area contributed by atoms with E-state index in [0.29, 0.717) is 12.8 Å². The highest BCUT2D eigenvalue weighted by Gasteiger charge is 2.51. The highest BCUT2D eigenvalue weighted by molar-refractivity contribution is 5.89. The molecule has 2 aromatic carbocycles. The van der Waals surface area contributed by atoms with Crippen LogP contribution in [-0.4, -0.2) is 53.7 Å². The van der Waals surface area contributed by atoms with Crippen LogP contribution in [0.5, 0.6) is 0 Å². The molecule has 186 valence electrons. The fourth-order valence-electron chi connectivity index (χ4n) is 5.17. The van der Waals surface area contributed by atoms with E-state index in [1.165, 1.54) is 4.90 Å². The second kappa shape index (κ2) is 9.36. The summed E-state index contributed by atoms with van der Waals surface area (Å²) in [6.07, 6.45) is 0.226. The Hall–Kier alpha value is -3.35. The van der Waals surface area contributed by atoms with Crippen LogP contribution in [0.15, 0.2) is 48.5 Å². The van der Waals surface area contributed by atoms with Gasteiger partial charge in [-0.1, -0.05) is 76.2 Å². The fraction of sp³-hybridized carbons (Fsp3) is 0.464. The number of carboxylic acids is 1. The zero-order valence-corrected chi connectivity index (χ0v) is 20.8. The second-order valence-corrected chi connectivity index (χ2v) is 10.9. The molecule has 0 radical (unpaired) electrons. The quantitative estimate of drug-likeness (QED) is 0.604. The number of nitrogens with one attached hydrogen (secondary N) is 1. The zero-order valence-electron chi connectivity index (χ0n) is 20.8. The first-order valence-electron chi connectivity index (χ1n) is 12.2. The summed E-state index contributed by atoms with van der Waals surface area (Å²) in [5.74, 6) is -1.22. The Kier molecular flexibility index (Phi) is 6.62. The lowest BCUT2D eigenvalue weighted by Gasteiger charge is -2.48. The molecular weight excluding hydrogens is 444 g/mol. The molecule has 0 aromatic heterocycles. The van der Waals surface area contributed by atoms with Crippen LogP contribution in [0, 0.1) is 10.8 Å². The SMILES string of the molecule is CCC1(C(=O)O)CN(C(=O)C(CC(C)(C)C)NC(=O)OCC2c3ccccc3-c3ccccc32)C1. The van der Waals surface area contributed by atoms with E-state index in [-0.39, 0.29) is 36.9 Å². The standard InChI is InChI=1S/C28H34N2O5/c1-5-28(25(32)33)16-30(17-28)24(31)23(14-27(2,3)4)29-26(34)35-15-22-20-12-8-6-10-18(20)19-11-7-9-13-21(19)22/h6-13,22-23H,5,14-17H2,1-4H3,(H,29,34)(H,32,33). The molecule has 0 saturated carbocycles. The van der Waals surface area contributed by atoms with Crippen molar-refractivity contribution >= 4 is 18.0 Å². The first-order chi connectivity index (χ1) is 16.5. The number of carboxylic acid groups (broad SMARTS) is 1. The van der Waals surface area contributed by atoms with Gasteiger partial charge < -0.3 is 20.1 Å². The normalized spacial score (nSPS) is 17.1. The number of carbonyl (C=O) groups excluding carboxylic acids is 2. The number of aliphatic carboxylic acids is 1. The minimum absolute atomic E-state index is 0.0685. The van der Waals surface area contributed by atoms with Crippen molar-refractivity contribution in [3.63, 3.8) is 0 Å². The van der Waals surface area contributed by atoms with Crippen molar-refractivity contribution in [1.82, 2.24) is 10.2 Å². The van der Waals surface area contributed by atoms with Crippen LogP contribution in [0.1, 0.15) is 57.6 Å². The molecule has 1 fully saturated rings. The fourth-order valence-corrected chi connectivity index (χ4v) is 5.17. The number of alkyl carbamates (subject to hydrolysis) is 1. The summed E-state index contributed by atoms with van der Waals surface area (Å²) in [7, 11) is 0. The Bertz CT molecular complexity index is 1080. The number of hydrogen-bond donors (Lipinski definition) is 2. The van der Waals surface area contributed by atoms with Crippen LogP contribution in [0.3, 0.4) is 0 Å². The van der Waals surface area contributed by atoms with Gasteiger partial charge in [-0.15, -0.1) is 0 Å². The molecule has 2 amide bonds. The number of carbonyl (C=O) groups is 3. The highest BCUT2D eigenvalue weighted by atomic mass is 16.5. The van der Waals surface area contributed by atoms with Gasteiger partial charge in [0.15, 0.2) is 0 Å². The minimum Gasteiger partial charge on any atom is -0.481 e. The van der Waals surface area contributed by atoms with Crippen molar-refractivity contribution in [2.45, 2.75) is 52.5 Å².